The number of rotatable bonds is 5. The van der Waals surface area contributed by atoms with Gasteiger partial charge in [-0.05, 0) is 18.3 Å². The molecule has 1 N–H and O–H groups in total. The molecule has 1 rings (SSSR count). The molecule has 1 saturated heterocycles. The lowest BCUT2D eigenvalue weighted by Crippen LogP contribution is -2.67. The fourth-order valence-electron chi connectivity index (χ4n) is 3.04. The molecule has 1 aliphatic heterocycles. The first-order valence-corrected chi connectivity index (χ1v) is 9.76. The zero-order valence-corrected chi connectivity index (χ0v) is 14.8. The maximum atomic E-state index is 11.5. The molecular weight excluding hydrogens is 272 g/mol. The Labute approximate surface area is 125 Å². The van der Waals surface area contributed by atoms with E-state index in [0.29, 0.717) is 12.6 Å². The van der Waals surface area contributed by atoms with E-state index in [9.17, 15) is 8.42 Å². The number of nitrogens with one attached hydrogen (secondary N) is 1. The normalized spacial score (nSPS) is 24.8. The van der Waals surface area contributed by atoms with Crippen LogP contribution in [-0.4, -0.2) is 56.5 Å². The molecule has 0 aromatic heterocycles. The van der Waals surface area contributed by atoms with Crippen molar-refractivity contribution >= 4 is 9.84 Å². The monoisotopic (exact) mass is 304 g/mol. The van der Waals surface area contributed by atoms with Gasteiger partial charge in [0.2, 0.25) is 0 Å². The van der Waals surface area contributed by atoms with E-state index in [1.807, 2.05) is 0 Å². The van der Waals surface area contributed by atoms with Gasteiger partial charge in [0.15, 0.2) is 0 Å². The summed E-state index contributed by atoms with van der Waals surface area (Å²) in [6, 6.07) is 0.410. The topological polar surface area (TPSA) is 49.4 Å². The fraction of sp³-hybridized carbons (Fsp3) is 1.00. The minimum Gasteiger partial charge on any atom is -0.310 e. The predicted octanol–water partition coefficient (Wildman–Crippen LogP) is 1.91. The van der Waals surface area contributed by atoms with E-state index in [2.05, 4.69) is 44.8 Å². The van der Waals surface area contributed by atoms with Gasteiger partial charge in [0.1, 0.15) is 9.84 Å². The molecule has 0 spiro atoms. The summed E-state index contributed by atoms with van der Waals surface area (Å²) in [6.07, 6.45) is 3.43. The van der Waals surface area contributed by atoms with Crippen LogP contribution in [0.1, 0.15) is 47.5 Å². The van der Waals surface area contributed by atoms with Crippen molar-refractivity contribution in [1.82, 2.24) is 10.2 Å². The minimum absolute atomic E-state index is 0.104. The van der Waals surface area contributed by atoms with Gasteiger partial charge in [0, 0.05) is 37.5 Å². The largest absolute Gasteiger partial charge is 0.310 e. The van der Waals surface area contributed by atoms with Crippen molar-refractivity contribution in [2.45, 2.75) is 59.0 Å². The Hall–Kier alpha value is -0.130. The summed E-state index contributed by atoms with van der Waals surface area (Å²) < 4.78 is 23.0. The highest BCUT2D eigenvalue weighted by Gasteiger charge is 2.41. The highest BCUT2D eigenvalue weighted by Crippen LogP contribution is 2.31. The third-order valence-electron chi connectivity index (χ3n) is 4.84. The second kappa shape index (κ2) is 6.32. The fourth-order valence-corrected chi connectivity index (χ4v) is 3.59. The first kappa shape index (κ1) is 17.9. The quantitative estimate of drug-likeness (QED) is 0.843. The van der Waals surface area contributed by atoms with Crippen molar-refractivity contribution in [3.8, 4) is 0 Å². The molecule has 1 unspecified atom stereocenters. The molecule has 0 amide bonds. The van der Waals surface area contributed by atoms with Crippen molar-refractivity contribution in [3.63, 3.8) is 0 Å². The van der Waals surface area contributed by atoms with Gasteiger partial charge in [-0.2, -0.15) is 0 Å². The maximum Gasteiger partial charge on any atom is 0.148 e. The van der Waals surface area contributed by atoms with Crippen molar-refractivity contribution in [2.75, 3.05) is 31.6 Å². The standard InChI is InChI=1S/C15H32N2O2S/c1-7-15(8-2)12-16-13(14(3,4)5)11-17(15)9-10-20(6,18)19/h13,16H,7-12H2,1-6H3. The smallest absolute Gasteiger partial charge is 0.148 e. The van der Waals surface area contributed by atoms with Crippen LogP contribution in [-0.2, 0) is 9.84 Å². The Morgan fingerprint density at radius 2 is 1.80 bits per heavy atom. The summed E-state index contributed by atoms with van der Waals surface area (Å²) in [4.78, 5) is 2.42. The van der Waals surface area contributed by atoms with Crippen molar-refractivity contribution in [2.24, 2.45) is 5.41 Å². The molecule has 5 heteroatoms. The van der Waals surface area contributed by atoms with Gasteiger partial charge in [-0.25, -0.2) is 8.42 Å². The first-order valence-electron chi connectivity index (χ1n) is 7.70. The van der Waals surface area contributed by atoms with Crippen LogP contribution in [0.5, 0.6) is 0 Å². The molecule has 120 valence electrons. The van der Waals surface area contributed by atoms with E-state index in [0.717, 1.165) is 25.9 Å². The summed E-state index contributed by atoms with van der Waals surface area (Å²) in [6.45, 7) is 13.7. The lowest BCUT2D eigenvalue weighted by molar-refractivity contribution is 0.0125. The summed E-state index contributed by atoms with van der Waals surface area (Å²) in [7, 11) is -2.91. The second-order valence-corrected chi connectivity index (χ2v) is 9.57. The number of sulfone groups is 1. The summed E-state index contributed by atoms with van der Waals surface area (Å²) >= 11 is 0. The molecule has 0 aromatic rings. The molecular formula is C15H32N2O2S. The van der Waals surface area contributed by atoms with Crippen LogP contribution in [0, 0.1) is 5.41 Å². The van der Waals surface area contributed by atoms with Crippen LogP contribution in [0.15, 0.2) is 0 Å². The lowest BCUT2D eigenvalue weighted by atomic mass is 9.80. The van der Waals surface area contributed by atoms with Crippen molar-refractivity contribution < 1.29 is 8.42 Å². The number of hydrogen-bond acceptors (Lipinski definition) is 4. The van der Waals surface area contributed by atoms with Crippen LogP contribution in [0.2, 0.25) is 0 Å². The Bertz CT molecular complexity index is 408. The van der Waals surface area contributed by atoms with Crippen molar-refractivity contribution in [1.29, 1.82) is 0 Å². The molecule has 4 nitrogen and oxygen atoms in total. The average Bonchev–Trinajstić information content (AvgIpc) is 2.34. The van der Waals surface area contributed by atoms with Gasteiger partial charge in [0.05, 0.1) is 5.75 Å². The minimum atomic E-state index is -2.91. The van der Waals surface area contributed by atoms with Gasteiger partial charge in [-0.3, -0.25) is 4.90 Å². The first-order chi connectivity index (χ1) is 9.04. The molecule has 1 heterocycles. The summed E-state index contributed by atoms with van der Waals surface area (Å²) in [5, 5.41) is 3.69. The summed E-state index contributed by atoms with van der Waals surface area (Å²) in [5.74, 6) is 0.256. The second-order valence-electron chi connectivity index (χ2n) is 7.31. The average molecular weight is 304 g/mol. The van der Waals surface area contributed by atoms with Gasteiger partial charge in [-0.15, -0.1) is 0 Å². The number of piperazine rings is 1. The predicted molar refractivity (Wildman–Crippen MR) is 85.8 cm³/mol. The van der Waals surface area contributed by atoms with E-state index in [-0.39, 0.29) is 16.7 Å². The van der Waals surface area contributed by atoms with Gasteiger partial charge < -0.3 is 5.32 Å². The summed E-state index contributed by atoms with van der Waals surface area (Å²) in [5.41, 5.74) is 0.295. The van der Waals surface area contributed by atoms with Crippen molar-refractivity contribution in [3.05, 3.63) is 0 Å². The van der Waals surface area contributed by atoms with Crippen LogP contribution >= 0.6 is 0 Å². The molecule has 1 atom stereocenters. The van der Waals surface area contributed by atoms with Crippen LogP contribution in [0.4, 0.5) is 0 Å². The molecule has 0 bridgehead atoms. The molecule has 0 saturated carbocycles. The molecule has 0 aromatic carbocycles. The Morgan fingerprint density at radius 1 is 1.25 bits per heavy atom. The van der Waals surface area contributed by atoms with Crippen LogP contribution in [0.3, 0.4) is 0 Å². The number of hydrogen-bond donors (Lipinski definition) is 1. The Morgan fingerprint density at radius 3 is 2.20 bits per heavy atom. The highest BCUT2D eigenvalue weighted by atomic mass is 32.2. The molecule has 1 aliphatic rings. The third kappa shape index (κ3) is 4.43. The highest BCUT2D eigenvalue weighted by molar-refractivity contribution is 7.90. The molecule has 0 aliphatic carbocycles. The third-order valence-corrected chi connectivity index (χ3v) is 5.77. The van der Waals surface area contributed by atoms with Crippen LogP contribution in [0.25, 0.3) is 0 Å². The lowest BCUT2D eigenvalue weighted by Gasteiger charge is -2.52. The van der Waals surface area contributed by atoms with Gasteiger partial charge >= 0.3 is 0 Å². The van der Waals surface area contributed by atoms with E-state index < -0.39 is 9.84 Å². The Balaban J connectivity index is 2.89. The molecule has 1 fully saturated rings. The van der Waals surface area contributed by atoms with E-state index in [1.54, 1.807) is 0 Å². The Kier molecular flexibility index (Phi) is 5.67. The molecule has 0 radical (unpaired) electrons. The zero-order valence-electron chi connectivity index (χ0n) is 14.0. The van der Waals surface area contributed by atoms with E-state index in [1.165, 1.54) is 6.26 Å². The van der Waals surface area contributed by atoms with E-state index >= 15 is 0 Å². The molecule has 20 heavy (non-hydrogen) atoms. The van der Waals surface area contributed by atoms with Crippen LogP contribution < -0.4 is 5.32 Å². The zero-order chi connectivity index (χ0) is 15.6. The SMILES string of the molecule is CCC1(CC)CNC(C(C)(C)C)CN1CCS(C)(=O)=O. The van der Waals surface area contributed by atoms with Gasteiger partial charge in [0.25, 0.3) is 0 Å². The number of nitrogens with zero attached hydrogens (tertiary/aromatic N) is 1. The van der Waals surface area contributed by atoms with E-state index in [4.69, 9.17) is 0 Å². The maximum absolute atomic E-state index is 11.5. The van der Waals surface area contributed by atoms with Gasteiger partial charge in [-0.1, -0.05) is 34.6 Å².